The minimum atomic E-state index is 0.190. The lowest BCUT2D eigenvalue weighted by molar-refractivity contribution is -0.132. The molecule has 1 aromatic heterocycles. The molecule has 0 aliphatic carbocycles. The minimum absolute atomic E-state index is 0.190. The summed E-state index contributed by atoms with van der Waals surface area (Å²) in [4.78, 5) is 19.8. The van der Waals surface area contributed by atoms with Gasteiger partial charge in [0.15, 0.2) is 0 Å². The Labute approximate surface area is 106 Å². The second-order valence-electron chi connectivity index (χ2n) is 4.97. The number of anilines is 1. The first-order chi connectivity index (χ1) is 8.56. The summed E-state index contributed by atoms with van der Waals surface area (Å²) >= 11 is 0. The number of likely N-dealkylation sites (tertiary alicyclic amines) is 1. The summed E-state index contributed by atoms with van der Waals surface area (Å²) in [5.74, 6) is 1.65. The van der Waals surface area contributed by atoms with Gasteiger partial charge in [-0.1, -0.05) is 0 Å². The van der Waals surface area contributed by atoms with Crippen LogP contribution in [0, 0.1) is 0 Å². The molecule has 2 heterocycles. The molecule has 3 N–H and O–H groups in total. The molecular weight excluding hydrogens is 232 g/mol. The van der Waals surface area contributed by atoms with Gasteiger partial charge in [-0.05, 0) is 26.9 Å². The predicted molar refractivity (Wildman–Crippen MR) is 67.9 cm³/mol. The maximum Gasteiger partial charge on any atom is 0.239 e. The van der Waals surface area contributed by atoms with Gasteiger partial charge in [-0.2, -0.15) is 4.98 Å². The van der Waals surface area contributed by atoms with Crippen molar-refractivity contribution in [2.45, 2.75) is 18.8 Å². The number of piperidine rings is 1. The van der Waals surface area contributed by atoms with E-state index < -0.39 is 0 Å². The predicted octanol–water partition coefficient (Wildman–Crippen LogP) is -0.345. The number of nitrogen functional groups attached to an aromatic ring is 1. The van der Waals surface area contributed by atoms with Crippen LogP contribution in [0.15, 0.2) is 0 Å². The zero-order valence-corrected chi connectivity index (χ0v) is 10.9. The van der Waals surface area contributed by atoms with E-state index in [-0.39, 0.29) is 11.9 Å². The molecule has 0 saturated carbocycles. The maximum absolute atomic E-state index is 11.9. The lowest BCUT2D eigenvalue weighted by atomic mass is 9.96. The van der Waals surface area contributed by atoms with E-state index in [1.165, 1.54) is 0 Å². The first-order valence-corrected chi connectivity index (χ1v) is 6.16. The Morgan fingerprint density at radius 3 is 2.67 bits per heavy atom. The summed E-state index contributed by atoms with van der Waals surface area (Å²) in [5, 5.41) is 6.69. The summed E-state index contributed by atoms with van der Waals surface area (Å²) in [5.41, 5.74) is 5.49. The molecule has 0 bridgehead atoms. The van der Waals surface area contributed by atoms with E-state index in [0.717, 1.165) is 31.8 Å². The fourth-order valence-corrected chi connectivity index (χ4v) is 2.24. The number of nitrogens with zero attached hydrogens (tertiary/aromatic N) is 4. The molecule has 0 radical (unpaired) electrons. The monoisotopic (exact) mass is 252 g/mol. The number of likely N-dealkylation sites (N-methyl/N-ethyl adjacent to an activating group) is 1. The summed E-state index contributed by atoms with van der Waals surface area (Å²) in [6.45, 7) is 2.02. The van der Waals surface area contributed by atoms with Gasteiger partial charge in [0, 0.05) is 19.0 Å². The number of carbonyl (C=O) groups excluding carboxylic acids is 1. The number of amides is 1. The molecular formula is C11H20N6O. The number of carbonyl (C=O) groups is 1. The van der Waals surface area contributed by atoms with Gasteiger partial charge in [-0.15, -0.1) is 5.10 Å². The maximum atomic E-state index is 11.9. The van der Waals surface area contributed by atoms with Gasteiger partial charge in [-0.25, -0.2) is 0 Å². The average molecular weight is 252 g/mol. The van der Waals surface area contributed by atoms with Crippen LogP contribution in [0.4, 0.5) is 5.95 Å². The van der Waals surface area contributed by atoms with Crippen LogP contribution in [0.3, 0.4) is 0 Å². The highest BCUT2D eigenvalue weighted by Gasteiger charge is 2.25. The van der Waals surface area contributed by atoms with Gasteiger partial charge >= 0.3 is 0 Å². The number of H-pyrrole nitrogens is 1. The van der Waals surface area contributed by atoms with Crippen molar-refractivity contribution in [1.82, 2.24) is 25.0 Å². The van der Waals surface area contributed by atoms with Crippen molar-refractivity contribution in [3.8, 4) is 0 Å². The number of nitrogens with one attached hydrogen (secondary N) is 1. The largest absolute Gasteiger partial charge is 0.367 e. The first-order valence-electron chi connectivity index (χ1n) is 6.16. The van der Waals surface area contributed by atoms with Crippen molar-refractivity contribution in [2.75, 3.05) is 39.5 Å². The molecule has 1 aliphatic rings. The van der Waals surface area contributed by atoms with Gasteiger partial charge < -0.3 is 15.5 Å². The molecule has 1 aromatic rings. The number of nitrogens with two attached hydrogens (primary N) is 1. The van der Waals surface area contributed by atoms with Crippen LogP contribution >= 0.6 is 0 Å². The SMILES string of the molecule is CN(C)CC(=O)N1CCC(c2nc(N)n[nH]2)CC1. The number of aromatic nitrogens is 3. The zero-order valence-electron chi connectivity index (χ0n) is 10.9. The van der Waals surface area contributed by atoms with Gasteiger partial charge in [-0.3, -0.25) is 9.89 Å². The Bertz CT molecular complexity index is 407. The van der Waals surface area contributed by atoms with Crippen LogP contribution in [0.1, 0.15) is 24.6 Å². The molecule has 1 amide bonds. The van der Waals surface area contributed by atoms with Gasteiger partial charge in [0.2, 0.25) is 11.9 Å². The van der Waals surface area contributed by atoms with Crippen LogP contribution < -0.4 is 5.73 Å². The van der Waals surface area contributed by atoms with Crippen molar-refractivity contribution >= 4 is 11.9 Å². The summed E-state index contributed by atoms with van der Waals surface area (Å²) in [6, 6.07) is 0. The van der Waals surface area contributed by atoms with Gasteiger partial charge in [0.1, 0.15) is 5.82 Å². The number of hydrogen-bond acceptors (Lipinski definition) is 5. The Morgan fingerprint density at radius 1 is 1.50 bits per heavy atom. The van der Waals surface area contributed by atoms with E-state index in [4.69, 9.17) is 5.73 Å². The molecule has 18 heavy (non-hydrogen) atoms. The smallest absolute Gasteiger partial charge is 0.239 e. The summed E-state index contributed by atoms with van der Waals surface area (Å²) < 4.78 is 0. The van der Waals surface area contributed by atoms with E-state index in [1.807, 2.05) is 23.9 Å². The second-order valence-corrected chi connectivity index (χ2v) is 4.97. The molecule has 0 spiro atoms. The van der Waals surface area contributed by atoms with E-state index >= 15 is 0 Å². The molecule has 2 rings (SSSR count). The number of rotatable bonds is 3. The van der Waals surface area contributed by atoms with E-state index in [2.05, 4.69) is 15.2 Å². The molecule has 1 fully saturated rings. The van der Waals surface area contributed by atoms with Crippen LogP contribution in [0.5, 0.6) is 0 Å². The molecule has 0 unspecified atom stereocenters. The third-order valence-corrected chi connectivity index (χ3v) is 3.21. The Morgan fingerprint density at radius 2 is 2.17 bits per heavy atom. The Balaban J connectivity index is 1.86. The lowest BCUT2D eigenvalue weighted by Gasteiger charge is -2.31. The fraction of sp³-hybridized carbons (Fsp3) is 0.727. The van der Waals surface area contributed by atoms with Crippen LogP contribution in [0.2, 0.25) is 0 Å². The lowest BCUT2D eigenvalue weighted by Crippen LogP contribution is -2.42. The molecule has 100 valence electrons. The van der Waals surface area contributed by atoms with Crippen molar-refractivity contribution < 1.29 is 4.79 Å². The molecule has 0 aromatic carbocycles. The van der Waals surface area contributed by atoms with Gasteiger partial charge in [0.25, 0.3) is 0 Å². The standard InChI is InChI=1S/C11H20N6O/c1-16(2)7-9(18)17-5-3-8(4-6-17)10-13-11(12)15-14-10/h8H,3-7H2,1-2H3,(H3,12,13,14,15). The van der Waals surface area contributed by atoms with E-state index in [1.54, 1.807) is 0 Å². The topological polar surface area (TPSA) is 91.1 Å². The third-order valence-electron chi connectivity index (χ3n) is 3.21. The third kappa shape index (κ3) is 2.98. The molecule has 7 nitrogen and oxygen atoms in total. The van der Waals surface area contributed by atoms with E-state index in [0.29, 0.717) is 12.5 Å². The molecule has 1 saturated heterocycles. The Hall–Kier alpha value is -1.63. The Kier molecular flexibility index (Phi) is 3.81. The highest BCUT2D eigenvalue weighted by Crippen LogP contribution is 2.25. The highest BCUT2D eigenvalue weighted by atomic mass is 16.2. The molecule has 7 heteroatoms. The first kappa shape index (κ1) is 12.8. The fourth-order valence-electron chi connectivity index (χ4n) is 2.24. The number of hydrogen-bond donors (Lipinski definition) is 2. The average Bonchev–Trinajstić information content (AvgIpc) is 2.75. The van der Waals surface area contributed by atoms with Crippen LogP contribution in [0.25, 0.3) is 0 Å². The molecule has 1 aliphatic heterocycles. The second kappa shape index (κ2) is 5.34. The molecule has 0 atom stereocenters. The van der Waals surface area contributed by atoms with Crippen LogP contribution in [-0.4, -0.2) is 64.6 Å². The van der Waals surface area contributed by atoms with Crippen molar-refractivity contribution in [2.24, 2.45) is 0 Å². The van der Waals surface area contributed by atoms with Gasteiger partial charge in [0.05, 0.1) is 6.54 Å². The van der Waals surface area contributed by atoms with Crippen molar-refractivity contribution in [1.29, 1.82) is 0 Å². The number of aromatic amines is 1. The van der Waals surface area contributed by atoms with Crippen molar-refractivity contribution in [3.63, 3.8) is 0 Å². The normalized spacial score (nSPS) is 17.4. The van der Waals surface area contributed by atoms with E-state index in [9.17, 15) is 4.79 Å². The quantitative estimate of drug-likeness (QED) is 0.767. The minimum Gasteiger partial charge on any atom is -0.367 e. The zero-order chi connectivity index (χ0) is 13.1. The highest BCUT2D eigenvalue weighted by molar-refractivity contribution is 5.78. The summed E-state index contributed by atoms with van der Waals surface area (Å²) in [6.07, 6.45) is 1.82. The summed E-state index contributed by atoms with van der Waals surface area (Å²) in [7, 11) is 3.81. The van der Waals surface area contributed by atoms with Crippen LogP contribution in [-0.2, 0) is 4.79 Å². The van der Waals surface area contributed by atoms with Crippen molar-refractivity contribution in [3.05, 3.63) is 5.82 Å².